The van der Waals surface area contributed by atoms with Crippen molar-refractivity contribution >= 4 is 32.5 Å². The predicted molar refractivity (Wildman–Crippen MR) is 199 cm³/mol. The van der Waals surface area contributed by atoms with Crippen LogP contribution < -0.4 is 0 Å². The molecular formula is C40H48F3N3O5Si. The Morgan fingerprint density at radius 2 is 1.60 bits per heavy atom. The Kier molecular flexibility index (Phi) is 12.1. The Bertz CT molecular complexity index is 1840. The molecule has 0 aromatic heterocycles. The van der Waals surface area contributed by atoms with Gasteiger partial charge in [0.2, 0.25) is 0 Å². The number of carbonyl (C=O) groups excluding carboxylic acids is 1. The summed E-state index contributed by atoms with van der Waals surface area (Å²) in [4.78, 5) is 28.2. The number of alkyl halides is 3. The van der Waals surface area contributed by atoms with Crippen molar-refractivity contribution in [3.05, 3.63) is 94.0 Å². The summed E-state index contributed by atoms with van der Waals surface area (Å²) in [6, 6.07) is 18.1. The molecule has 1 atom stereocenters. The van der Waals surface area contributed by atoms with E-state index in [9.17, 15) is 33.1 Å². The SMILES string of the molecule is CC(C)(C)OC(=O)N1CCN(Cc2cc(C(F)(F)F)c(/C=C/c3cccc(-c4ccccc4)c3C#N)cc2CO[Si](C)(C)C(C)(C)C)[C@H](C(=O)O)C1. The monoisotopic (exact) mass is 735 g/mol. The molecule has 0 saturated carbocycles. The lowest BCUT2D eigenvalue weighted by molar-refractivity contribution is -0.146. The Morgan fingerprint density at radius 3 is 2.17 bits per heavy atom. The van der Waals surface area contributed by atoms with Gasteiger partial charge >= 0.3 is 18.2 Å². The van der Waals surface area contributed by atoms with Gasteiger partial charge in [0.05, 0.1) is 24.3 Å². The Balaban J connectivity index is 1.78. The highest BCUT2D eigenvalue weighted by Gasteiger charge is 2.40. The van der Waals surface area contributed by atoms with Crippen LogP contribution in [0.5, 0.6) is 0 Å². The van der Waals surface area contributed by atoms with Crippen LogP contribution in [0, 0.1) is 11.3 Å². The van der Waals surface area contributed by atoms with E-state index in [0.29, 0.717) is 22.3 Å². The second-order valence-corrected chi connectivity index (χ2v) is 20.4. The summed E-state index contributed by atoms with van der Waals surface area (Å²) in [6.07, 6.45) is -2.51. The maximum atomic E-state index is 14.8. The van der Waals surface area contributed by atoms with Crippen LogP contribution in [0.2, 0.25) is 18.1 Å². The Labute approximate surface area is 305 Å². The molecule has 278 valence electrons. The second-order valence-electron chi connectivity index (χ2n) is 15.6. The molecule has 3 aromatic carbocycles. The summed E-state index contributed by atoms with van der Waals surface area (Å²) in [5, 5.41) is 20.1. The summed E-state index contributed by atoms with van der Waals surface area (Å²) in [5.41, 5.74) is 1.27. The van der Waals surface area contributed by atoms with E-state index in [1.54, 1.807) is 43.9 Å². The third-order valence-electron chi connectivity index (χ3n) is 9.61. The maximum absolute atomic E-state index is 14.8. The van der Waals surface area contributed by atoms with E-state index < -0.39 is 43.8 Å². The number of nitriles is 1. The number of benzene rings is 3. The van der Waals surface area contributed by atoms with Crippen LogP contribution in [0.3, 0.4) is 0 Å². The normalized spacial score (nSPS) is 16.2. The van der Waals surface area contributed by atoms with E-state index in [1.165, 1.54) is 23.1 Å². The van der Waals surface area contributed by atoms with Crippen molar-refractivity contribution in [1.29, 1.82) is 5.26 Å². The van der Waals surface area contributed by atoms with Crippen LogP contribution in [0.4, 0.5) is 18.0 Å². The quantitative estimate of drug-likeness (QED) is 0.173. The fraction of sp³-hybridized carbons (Fsp3) is 0.425. The average molecular weight is 736 g/mol. The first-order valence-corrected chi connectivity index (χ1v) is 20.1. The number of amides is 1. The van der Waals surface area contributed by atoms with Gasteiger partial charge < -0.3 is 19.2 Å². The third kappa shape index (κ3) is 9.91. The largest absolute Gasteiger partial charge is 0.480 e. The van der Waals surface area contributed by atoms with Crippen LogP contribution in [0.1, 0.15) is 74.9 Å². The van der Waals surface area contributed by atoms with Crippen molar-refractivity contribution in [2.75, 3.05) is 19.6 Å². The fourth-order valence-corrected chi connectivity index (χ4v) is 6.62. The molecule has 0 unspecified atom stereocenters. The van der Waals surface area contributed by atoms with Gasteiger partial charge in [-0.1, -0.05) is 81.5 Å². The summed E-state index contributed by atoms with van der Waals surface area (Å²) in [6.45, 7) is 15.4. The minimum Gasteiger partial charge on any atom is -0.480 e. The van der Waals surface area contributed by atoms with Crippen molar-refractivity contribution in [1.82, 2.24) is 9.80 Å². The summed E-state index contributed by atoms with van der Waals surface area (Å²) < 4.78 is 56.4. The molecule has 4 rings (SSSR count). The molecular weight excluding hydrogens is 688 g/mol. The number of hydrogen-bond acceptors (Lipinski definition) is 6. The minimum absolute atomic E-state index is 0.0212. The zero-order chi connectivity index (χ0) is 38.6. The highest BCUT2D eigenvalue weighted by Crippen LogP contribution is 2.39. The molecule has 1 N–H and O–H groups in total. The number of hydrogen-bond donors (Lipinski definition) is 1. The summed E-state index contributed by atoms with van der Waals surface area (Å²) >= 11 is 0. The molecule has 3 aromatic rings. The predicted octanol–water partition coefficient (Wildman–Crippen LogP) is 9.44. The van der Waals surface area contributed by atoms with Crippen LogP contribution in [-0.2, 0) is 33.3 Å². The summed E-state index contributed by atoms with van der Waals surface area (Å²) in [5.74, 6) is -1.20. The lowest BCUT2D eigenvalue weighted by Crippen LogP contribution is -2.57. The van der Waals surface area contributed by atoms with Gasteiger partial charge in [0.25, 0.3) is 0 Å². The van der Waals surface area contributed by atoms with Gasteiger partial charge in [-0.25, -0.2) is 4.79 Å². The fourth-order valence-electron chi connectivity index (χ4n) is 5.67. The van der Waals surface area contributed by atoms with Crippen molar-refractivity contribution in [3.8, 4) is 17.2 Å². The molecule has 0 aliphatic carbocycles. The minimum atomic E-state index is -4.75. The zero-order valence-electron chi connectivity index (χ0n) is 31.1. The molecule has 0 spiro atoms. The molecule has 1 heterocycles. The highest BCUT2D eigenvalue weighted by molar-refractivity contribution is 6.74. The van der Waals surface area contributed by atoms with E-state index in [4.69, 9.17) is 9.16 Å². The standard InChI is InChI=1S/C40H48F3N3O5Si/c1-38(2,3)51-37(49)46-20-19-45(35(25-46)36(47)48)24-30-22-34(40(41,42)43)29(21-31(30)26-50-52(7,8)39(4,5)6)18-17-28-15-12-16-32(33(28)23-44)27-13-10-9-11-14-27/h9-18,21-22,35H,19-20,24-26H2,1-8H3,(H,47,48)/b18-17+/t35-/m0/s1. The number of carboxylic acid groups (broad SMARTS) is 1. The van der Waals surface area contributed by atoms with Crippen LogP contribution in [-0.4, -0.2) is 66.6 Å². The first-order chi connectivity index (χ1) is 24.1. The van der Waals surface area contributed by atoms with Crippen molar-refractivity contribution in [2.45, 2.75) is 90.6 Å². The molecule has 1 amide bonds. The van der Waals surface area contributed by atoms with Crippen molar-refractivity contribution in [3.63, 3.8) is 0 Å². The molecule has 52 heavy (non-hydrogen) atoms. The van der Waals surface area contributed by atoms with Crippen molar-refractivity contribution in [2.24, 2.45) is 0 Å². The third-order valence-corrected chi connectivity index (χ3v) is 14.1. The smallest absolute Gasteiger partial charge is 0.416 e. The van der Waals surface area contributed by atoms with E-state index in [1.807, 2.05) is 30.3 Å². The zero-order valence-corrected chi connectivity index (χ0v) is 32.1. The van der Waals surface area contributed by atoms with Gasteiger partial charge in [0, 0.05) is 25.2 Å². The number of halogens is 3. The summed E-state index contributed by atoms with van der Waals surface area (Å²) in [7, 11) is -2.37. The molecule has 0 bridgehead atoms. The van der Waals surface area contributed by atoms with E-state index in [0.717, 1.165) is 11.6 Å². The van der Waals surface area contributed by atoms with Gasteiger partial charge in [-0.3, -0.25) is 9.69 Å². The van der Waals surface area contributed by atoms with Gasteiger partial charge in [-0.2, -0.15) is 18.4 Å². The van der Waals surface area contributed by atoms with Crippen LogP contribution in [0.25, 0.3) is 23.3 Å². The number of aliphatic carboxylic acids is 1. The lowest BCUT2D eigenvalue weighted by Gasteiger charge is -2.40. The molecule has 1 aliphatic rings. The first kappa shape index (κ1) is 40.3. The van der Waals surface area contributed by atoms with Crippen LogP contribution >= 0.6 is 0 Å². The molecule has 12 heteroatoms. The molecule has 1 fully saturated rings. The van der Waals surface area contributed by atoms with Gasteiger partial charge in [-0.05, 0) is 78.9 Å². The number of nitrogens with zero attached hydrogens (tertiary/aromatic N) is 3. The van der Waals surface area contributed by atoms with Gasteiger partial charge in [0.15, 0.2) is 8.32 Å². The topological polar surface area (TPSA) is 103 Å². The molecule has 8 nitrogen and oxygen atoms in total. The van der Waals surface area contributed by atoms with E-state index in [2.05, 4.69) is 39.9 Å². The highest BCUT2D eigenvalue weighted by atomic mass is 28.4. The second kappa shape index (κ2) is 15.7. The van der Waals surface area contributed by atoms with Crippen molar-refractivity contribution < 1.29 is 37.0 Å². The number of rotatable bonds is 9. The number of carboxylic acids is 1. The molecule has 1 saturated heterocycles. The average Bonchev–Trinajstić information content (AvgIpc) is 3.05. The van der Waals surface area contributed by atoms with Crippen LogP contribution in [0.15, 0.2) is 60.7 Å². The van der Waals surface area contributed by atoms with Gasteiger partial charge in [-0.15, -0.1) is 0 Å². The number of piperazine rings is 1. The Morgan fingerprint density at radius 1 is 0.942 bits per heavy atom. The number of carbonyl (C=O) groups is 2. The lowest BCUT2D eigenvalue weighted by atomic mass is 9.94. The Hall–Kier alpha value is -4.44. The molecule has 0 radical (unpaired) electrons. The maximum Gasteiger partial charge on any atom is 0.416 e. The molecule has 1 aliphatic heterocycles. The van der Waals surface area contributed by atoms with Gasteiger partial charge in [0.1, 0.15) is 17.7 Å². The first-order valence-electron chi connectivity index (χ1n) is 17.2. The van der Waals surface area contributed by atoms with E-state index in [-0.39, 0.29) is 49.0 Å². The van der Waals surface area contributed by atoms with E-state index >= 15 is 0 Å². The number of ether oxygens (including phenoxy) is 1.